The number of carboxylic acid groups (broad SMARTS) is 1. The summed E-state index contributed by atoms with van der Waals surface area (Å²) in [7, 11) is 0. The first kappa shape index (κ1) is 20.6. The van der Waals surface area contributed by atoms with Gasteiger partial charge >= 0.3 is 5.97 Å². The molecule has 0 spiro atoms. The molecule has 1 saturated carbocycles. The van der Waals surface area contributed by atoms with Crippen molar-refractivity contribution >= 4 is 34.4 Å². The number of nitrogens with zero attached hydrogens (tertiary/aromatic N) is 1. The van der Waals surface area contributed by atoms with Gasteiger partial charge in [0, 0.05) is 51.6 Å². The number of ketones is 1. The second-order valence-corrected chi connectivity index (χ2v) is 10.2. The van der Waals surface area contributed by atoms with Crippen molar-refractivity contribution in [2.24, 2.45) is 11.8 Å². The molecular weight excluding hydrogens is 416 g/mol. The second-order valence-electron chi connectivity index (χ2n) is 8.11. The number of alkyl halides is 2. The Kier molecular flexibility index (Phi) is 5.59. The summed E-state index contributed by atoms with van der Waals surface area (Å²) in [6, 6.07) is 0. The molecule has 0 unspecified atom stereocenters. The van der Waals surface area contributed by atoms with Crippen LogP contribution in [0.3, 0.4) is 0 Å². The molecule has 0 aromatic carbocycles. The number of thiophene rings is 1. The van der Waals surface area contributed by atoms with Crippen LogP contribution in [-0.4, -0.2) is 27.8 Å². The third-order valence-corrected chi connectivity index (χ3v) is 8.20. The monoisotopic (exact) mass is 439 g/mol. The lowest BCUT2D eigenvalue weighted by Crippen LogP contribution is -2.33. The zero-order chi connectivity index (χ0) is 20.8. The number of hydrogen-bond acceptors (Lipinski definition) is 5. The van der Waals surface area contributed by atoms with Gasteiger partial charge in [0.1, 0.15) is 10.8 Å². The number of aliphatic carboxylic acids is 1. The Morgan fingerprint density at radius 3 is 2.66 bits per heavy atom. The topological polar surface area (TPSA) is 67.3 Å². The van der Waals surface area contributed by atoms with Crippen LogP contribution in [0.2, 0.25) is 0 Å². The Hall–Kier alpha value is -1.67. The van der Waals surface area contributed by atoms with Gasteiger partial charge in [-0.15, -0.1) is 22.7 Å². The standard InChI is InChI=1S/C21H23F2NO3S2/c1-11-10-28-19(24-11)18-14-6-7-21(22,23)9-17(14)29-16(18)8-15(25)12-4-2-3-5-13(12)20(26)27/h10,12-13H,2-9H2,1H3,(H,26,27)/t12-,13-/m0/s1. The third kappa shape index (κ3) is 4.14. The quantitative estimate of drug-likeness (QED) is 0.686. The highest BCUT2D eigenvalue weighted by molar-refractivity contribution is 7.15. The molecule has 2 aromatic rings. The van der Waals surface area contributed by atoms with Gasteiger partial charge in [0.2, 0.25) is 0 Å². The zero-order valence-electron chi connectivity index (χ0n) is 16.2. The molecule has 29 heavy (non-hydrogen) atoms. The van der Waals surface area contributed by atoms with Crippen LogP contribution in [0.4, 0.5) is 8.78 Å². The van der Waals surface area contributed by atoms with E-state index in [9.17, 15) is 23.5 Å². The molecule has 0 saturated heterocycles. The van der Waals surface area contributed by atoms with E-state index < -0.39 is 23.7 Å². The average Bonchev–Trinajstić information content (AvgIpc) is 3.23. The average molecular weight is 440 g/mol. The highest BCUT2D eigenvalue weighted by atomic mass is 32.1. The lowest BCUT2D eigenvalue weighted by Gasteiger charge is -2.27. The van der Waals surface area contributed by atoms with Crippen LogP contribution in [0, 0.1) is 18.8 Å². The zero-order valence-corrected chi connectivity index (χ0v) is 17.8. The molecule has 2 heterocycles. The van der Waals surface area contributed by atoms with Crippen molar-refractivity contribution in [1.29, 1.82) is 0 Å². The van der Waals surface area contributed by atoms with Crippen LogP contribution in [0.5, 0.6) is 0 Å². The molecule has 2 atom stereocenters. The number of Topliss-reactive ketones (excluding diaryl/α,β-unsaturated/α-hetero) is 1. The number of carbonyl (C=O) groups is 2. The molecule has 1 N–H and O–H groups in total. The van der Waals surface area contributed by atoms with Crippen molar-refractivity contribution in [3.05, 3.63) is 26.4 Å². The molecule has 0 bridgehead atoms. The van der Waals surface area contributed by atoms with Gasteiger partial charge in [-0.2, -0.15) is 0 Å². The van der Waals surface area contributed by atoms with Gasteiger partial charge in [-0.3, -0.25) is 9.59 Å². The number of halogens is 2. The van der Waals surface area contributed by atoms with Crippen molar-refractivity contribution in [2.75, 3.05) is 0 Å². The van der Waals surface area contributed by atoms with Crippen molar-refractivity contribution < 1.29 is 23.5 Å². The fourth-order valence-electron chi connectivity index (χ4n) is 4.55. The number of carbonyl (C=O) groups excluding carboxylic acids is 1. The van der Waals surface area contributed by atoms with Crippen LogP contribution >= 0.6 is 22.7 Å². The van der Waals surface area contributed by atoms with Crippen LogP contribution in [-0.2, 0) is 28.9 Å². The van der Waals surface area contributed by atoms with E-state index in [1.54, 1.807) is 0 Å². The molecule has 4 nitrogen and oxygen atoms in total. The maximum Gasteiger partial charge on any atom is 0.307 e. The number of aromatic nitrogens is 1. The third-order valence-electron chi connectivity index (χ3n) is 5.99. The minimum Gasteiger partial charge on any atom is -0.481 e. The van der Waals surface area contributed by atoms with Gasteiger partial charge in [-0.1, -0.05) is 12.8 Å². The van der Waals surface area contributed by atoms with E-state index in [-0.39, 0.29) is 31.5 Å². The first-order chi connectivity index (χ1) is 13.7. The minimum atomic E-state index is -2.72. The Morgan fingerprint density at radius 2 is 2.00 bits per heavy atom. The Bertz CT molecular complexity index is 950. The molecule has 8 heteroatoms. The van der Waals surface area contributed by atoms with Gasteiger partial charge in [0.15, 0.2) is 0 Å². The summed E-state index contributed by atoms with van der Waals surface area (Å²) >= 11 is 2.75. The Morgan fingerprint density at radius 1 is 1.28 bits per heavy atom. The highest BCUT2D eigenvalue weighted by Crippen LogP contribution is 2.46. The van der Waals surface area contributed by atoms with Crippen LogP contribution in [0.1, 0.15) is 53.1 Å². The Labute approximate surface area is 176 Å². The summed E-state index contributed by atoms with van der Waals surface area (Å²) in [5, 5.41) is 12.2. The molecule has 1 fully saturated rings. The van der Waals surface area contributed by atoms with Crippen molar-refractivity contribution in [1.82, 2.24) is 4.98 Å². The number of thiazole rings is 1. The summed E-state index contributed by atoms with van der Waals surface area (Å²) in [5.41, 5.74) is 2.60. The smallest absolute Gasteiger partial charge is 0.307 e. The number of fused-ring (bicyclic) bond motifs is 1. The summed E-state index contributed by atoms with van der Waals surface area (Å²) in [5.74, 6) is -4.85. The largest absolute Gasteiger partial charge is 0.481 e. The fourth-order valence-corrected chi connectivity index (χ4v) is 6.96. The molecule has 0 radical (unpaired) electrons. The minimum absolute atomic E-state index is 0.0861. The highest BCUT2D eigenvalue weighted by Gasteiger charge is 2.39. The Balaban J connectivity index is 1.69. The number of carboxylic acids is 1. The normalized spacial score (nSPS) is 23.6. The molecule has 2 aromatic heterocycles. The maximum absolute atomic E-state index is 14.0. The first-order valence-electron chi connectivity index (χ1n) is 9.94. The van der Waals surface area contributed by atoms with E-state index in [2.05, 4.69) is 4.98 Å². The van der Waals surface area contributed by atoms with E-state index >= 15 is 0 Å². The number of rotatable bonds is 5. The second kappa shape index (κ2) is 7.87. The summed E-state index contributed by atoms with van der Waals surface area (Å²) in [6.07, 6.45) is 2.69. The summed E-state index contributed by atoms with van der Waals surface area (Å²) in [6.45, 7) is 1.89. The van der Waals surface area contributed by atoms with E-state index in [0.29, 0.717) is 17.7 Å². The van der Waals surface area contributed by atoms with Crippen molar-refractivity contribution in [2.45, 2.75) is 64.2 Å². The molecular formula is C21H23F2NO3S2. The molecule has 2 aliphatic carbocycles. The maximum atomic E-state index is 14.0. The van der Waals surface area contributed by atoms with Crippen LogP contribution in [0.15, 0.2) is 5.38 Å². The van der Waals surface area contributed by atoms with Gasteiger partial charge < -0.3 is 5.11 Å². The van der Waals surface area contributed by atoms with Crippen molar-refractivity contribution in [3.63, 3.8) is 0 Å². The van der Waals surface area contributed by atoms with Gasteiger partial charge in [0.05, 0.1) is 5.92 Å². The van der Waals surface area contributed by atoms with Crippen LogP contribution in [0.25, 0.3) is 10.6 Å². The molecule has 0 aliphatic heterocycles. The fraction of sp³-hybridized carbons (Fsp3) is 0.571. The van der Waals surface area contributed by atoms with E-state index in [0.717, 1.165) is 39.5 Å². The molecule has 0 amide bonds. The van der Waals surface area contributed by atoms with Crippen molar-refractivity contribution in [3.8, 4) is 10.6 Å². The number of aryl methyl sites for hydroxylation is 1. The lowest BCUT2D eigenvalue weighted by atomic mass is 9.76. The van der Waals surface area contributed by atoms with Gasteiger partial charge in [-0.05, 0) is 31.7 Å². The predicted molar refractivity (Wildman–Crippen MR) is 109 cm³/mol. The number of hydrogen-bond donors (Lipinski definition) is 1. The molecule has 4 rings (SSSR count). The predicted octanol–water partition coefficient (Wildman–Crippen LogP) is 5.31. The van der Waals surface area contributed by atoms with Gasteiger partial charge in [-0.25, -0.2) is 13.8 Å². The van der Waals surface area contributed by atoms with Gasteiger partial charge in [0.25, 0.3) is 5.92 Å². The SMILES string of the molecule is Cc1csc(-c2c(CC(=O)[C@H]3CCCC[C@@H]3C(=O)O)sc3c2CCC(F)(F)C3)n1. The van der Waals surface area contributed by atoms with Crippen LogP contribution < -0.4 is 0 Å². The molecule has 2 aliphatic rings. The van der Waals surface area contributed by atoms with E-state index in [1.165, 1.54) is 22.7 Å². The summed E-state index contributed by atoms with van der Waals surface area (Å²) < 4.78 is 28.0. The lowest BCUT2D eigenvalue weighted by molar-refractivity contribution is -0.148. The van der Waals surface area contributed by atoms with E-state index in [4.69, 9.17) is 0 Å². The molecule has 156 valence electrons. The summed E-state index contributed by atoms with van der Waals surface area (Å²) in [4.78, 5) is 30.7. The van der Waals surface area contributed by atoms with E-state index in [1.807, 2.05) is 12.3 Å². The first-order valence-corrected chi connectivity index (χ1v) is 11.6.